The molecule has 0 radical (unpaired) electrons. The number of amides is 1. The van der Waals surface area contributed by atoms with Crippen molar-refractivity contribution in [3.63, 3.8) is 0 Å². The van der Waals surface area contributed by atoms with Crippen LogP contribution in [0.5, 0.6) is 0 Å². The molecule has 0 spiro atoms. The highest BCUT2D eigenvalue weighted by molar-refractivity contribution is 5.76. The summed E-state index contributed by atoms with van der Waals surface area (Å²) in [7, 11) is 1.98. The Morgan fingerprint density at radius 1 is 1.38 bits per heavy atom. The smallest absolute Gasteiger partial charge is 0.220 e. The molecule has 3 unspecified atom stereocenters. The quantitative estimate of drug-likeness (QED) is 0.892. The number of nitrogens with one attached hydrogen (secondary N) is 1. The van der Waals surface area contributed by atoms with Crippen LogP contribution in [0, 0.1) is 5.92 Å². The SMILES string of the molecule is Cn1ncc2c1CCCC2NC(=O)CC1CCCCC1N. The second kappa shape index (κ2) is 6.18. The highest BCUT2D eigenvalue weighted by Crippen LogP contribution is 2.30. The highest BCUT2D eigenvalue weighted by Gasteiger charge is 2.28. The van der Waals surface area contributed by atoms with Crippen molar-refractivity contribution in [2.24, 2.45) is 18.7 Å². The predicted molar refractivity (Wildman–Crippen MR) is 81.6 cm³/mol. The molecule has 2 aliphatic carbocycles. The molecule has 1 saturated carbocycles. The van der Waals surface area contributed by atoms with Crippen LogP contribution in [0.15, 0.2) is 6.20 Å². The van der Waals surface area contributed by atoms with Crippen molar-refractivity contribution in [2.75, 3.05) is 0 Å². The van der Waals surface area contributed by atoms with Gasteiger partial charge in [0.25, 0.3) is 0 Å². The van der Waals surface area contributed by atoms with Gasteiger partial charge < -0.3 is 11.1 Å². The molecule has 3 N–H and O–H groups in total. The Labute approximate surface area is 126 Å². The Hall–Kier alpha value is -1.36. The van der Waals surface area contributed by atoms with Gasteiger partial charge in [0.05, 0.1) is 12.2 Å². The van der Waals surface area contributed by atoms with Crippen LogP contribution >= 0.6 is 0 Å². The van der Waals surface area contributed by atoms with Crippen molar-refractivity contribution in [3.05, 3.63) is 17.5 Å². The molecule has 1 amide bonds. The molecule has 1 heterocycles. The summed E-state index contributed by atoms with van der Waals surface area (Å²) in [6.07, 6.45) is 10.3. The summed E-state index contributed by atoms with van der Waals surface area (Å²) in [6.45, 7) is 0. The van der Waals surface area contributed by atoms with Gasteiger partial charge in [-0.25, -0.2) is 0 Å². The third-order valence-corrected chi connectivity index (χ3v) is 5.13. The standard InChI is InChI=1S/C16H26N4O/c1-20-15-8-4-7-14(12(15)10-18-20)19-16(21)9-11-5-2-3-6-13(11)17/h10-11,13-14H,2-9,17H2,1H3,(H,19,21). The van der Waals surface area contributed by atoms with Gasteiger partial charge in [-0.15, -0.1) is 0 Å². The summed E-state index contributed by atoms with van der Waals surface area (Å²) >= 11 is 0. The first kappa shape index (κ1) is 14.6. The molecular formula is C16H26N4O. The fourth-order valence-electron chi connectivity index (χ4n) is 3.84. The Morgan fingerprint density at radius 3 is 3.00 bits per heavy atom. The van der Waals surface area contributed by atoms with E-state index >= 15 is 0 Å². The van der Waals surface area contributed by atoms with Gasteiger partial charge in [0.2, 0.25) is 5.91 Å². The van der Waals surface area contributed by atoms with Crippen LogP contribution in [0.3, 0.4) is 0 Å². The van der Waals surface area contributed by atoms with Gasteiger partial charge in [-0.05, 0) is 38.0 Å². The van der Waals surface area contributed by atoms with E-state index < -0.39 is 0 Å². The third kappa shape index (κ3) is 3.12. The number of hydrogen-bond acceptors (Lipinski definition) is 3. The van der Waals surface area contributed by atoms with Crippen LogP contribution in [0.1, 0.15) is 62.2 Å². The van der Waals surface area contributed by atoms with Crippen LogP contribution in [-0.2, 0) is 18.3 Å². The second-order valence-corrected chi connectivity index (χ2v) is 6.60. The van der Waals surface area contributed by atoms with E-state index in [1.807, 2.05) is 17.9 Å². The molecule has 5 heteroatoms. The number of nitrogens with zero attached hydrogens (tertiary/aromatic N) is 2. The van der Waals surface area contributed by atoms with E-state index in [1.54, 1.807) is 0 Å². The molecule has 1 aromatic heterocycles. The first-order valence-corrected chi connectivity index (χ1v) is 8.21. The summed E-state index contributed by atoms with van der Waals surface area (Å²) < 4.78 is 1.94. The number of hydrogen-bond donors (Lipinski definition) is 2. The van der Waals surface area contributed by atoms with Gasteiger partial charge in [-0.1, -0.05) is 12.8 Å². The van der Waals surface area contributed by atoms with Gasteiger partial charge in [-0.3, -0.25) is 9.48 Å². The van der Waals surface area contributed by atoms with Crippen molar-refractivity contribution in [1.82, 2.24) is 15.1 Å². The zero-order valence-electron chi connectivity index (χ0n) is 12.8. The van der Waals surface area contributed by atoms with Gasteiger partial charge in [-0.2, -0.15) is 5.10 Å². The van der Waals surface area contributed by atoms with Gasteiger partial charge in [0, 0.05) is 30.8 Å². The van der Waals surface area contributed by atoms with Crippen molar-refractivity contribution < 1.29 is 4.79 Å². The van der Waals surface area contributed by atoms with Gasteiger partial charge >= 0.3 is 0 Å². The maximum atomic E-state index is 12.3. The van der Waals surface area contributed by atoms with Crippen molar-refractivity contribution in [2.45, 2.75) is 63.5 Å². The molecule has 1 fully saturated rings. The number of rotatable bonds is 3. The molecular weight excluding hydrogens is 264 g/mol. The minimum absolute atomic E-state index is 0.134. The van der Waals surface area contributed by atoms with Crippen molar-refractivity contribution in [3.8, 4) is 0 Å². The first-order valence-electron chi connectivity index (χ1n) is 8.21. The van der Waals surface area contributed by atoms with Crippen LogP contribution in [0.4, 0.5) is 0 Å². The van der Waals surface area contributed by atoms with Crippen molar-refractivity contribution in [1.29, 1.82) is 0 Å². The lowest BCUT2D eigenvalue weighted by Crippen LogP contribution is -2.38. The number of carbonyl (C=O) groups is 1. The zero-order chi connectivity index (χ0) is 14.8. The zero-order valence-corrected chi connectivity index (χ0v) is 12.8. The van der Waals surface area contributed by atoms with Gasteiger partial charge in [0.1, 0.15) is 0 Å². The lowest BCUT2D eigenvalue weighted by Gasteiger charge is -2.29. The maximum Gasteiger partial charge on any atom is 0.220 e. The van der Waals surface area contributed by atoms with E-state index in [9.17, 15) is 4.79 Å². The van der Waals surface area contributed by atoms with E-state index in [4.69, 9.17) is 5.73 Å². The molecule has 0 aliphatic heterocycles. The Bertz CT molecular complexity index is 510. The van der Waals surface area contributed by atoms with Crippen molar-refractivity contribution >= 4 is 5.91 Å². The van der Waals surface area contributed by atoms with Crippen LogP contribution in [0.2, 0.25) is 0 Å². The van der Waals surface area contributed by atoms with E-state index in [-0.39, 0.29) is 18.0 Å². The van der Waals surface area contributed by atoms with E-state index in [0.717, 1.165) is 32.1 Å². The Morgan fingerprint density at radius 2 is 2.19 bits per heavy atom. The van der Waals surface area contributed by atoms with E-state index in [1.165, 1.54) is 24.1 Å². The monoisotopic (exact) mass is 290 g/mol. The molecule has 5 nitrogen and oxygen atoms in total. The third-order valence-electron chi connectivity index (χ3n) is 5.13. The number of aromatic nitrogens is 2. The summed E-state index contributed by atoms with van der Waals surface area (Å²) in [5.41, 5.74) is 8.61. The predicted octanol–water partition coefficient (Wildman–Crippen LogP) is 1.82. The summed E-state index contributed by atoms with van der Waals surface area (Å²) in [6, 6.07) is 0.333. The molecule has 116 valence electrons. The average molecular weight is 290 g/mol. The molecule has 21 heavy (non-hydrogen) atoms. The van der Waals surface area contributed by atoms with Crippen LogP contribution < -0.4 is 11.1 Å². The second-order valence-electron chi connectivity index (χ2n) is 6.60. The van der Waals surface area contributed by atoms with Crippen LogP contribution in [0.25, 0.3) is 0 Å². The molecule has 1 aromatic rings. The lowest BCUT2D eigenvalue weighted by atomic mass is 9.82. The molecule has 0 saturated heterocycles. The minimum Gasteiger partial charge on any atom is -0.349 e. The molecule has 3 rings (SSSR count). The largest absolute Gasteiger partial charge is 0.349 e. The summed E-state index contributed by atoms with van der Waals surface area (Å²) in [4.78, 5) is 12.3. The van der Waals surface area contributed by atoms with Crippen LogP contribution in [-0.4, -0.2) is 21.7 Å². The normalized spacial score (nSPS) is 29.0. The highest BCUT2D eigenvalue weighted by atomic mass is 16.1. The Kier molecular flexibility index (Phi) is 4.29. The number of nitrogens with two attached hydrogens (primary N) is 1. The first-order chi connectivity index (χ1) is 10.1. The molecule has 0 bridgehead atoms. The van der Waals surface area contributed by atoms with E-state index in [2.05, 4.69) is 10.4 Å². The fourth-order valence-corrected chi connectivity index (χ4v) is 3.84. The van der Waals surface area contributed by atoms with Gasteiger partial charge in [0.15, 0.2) is 0 Å². The average Bonchev–Trinajstić information content (AvgIpc) is 2.84. The summed E-state index contributed by atoms with van der Waals surface area (Å²) in [5, 5.41) is 7.54. The molecule has 2 aliphatic rings. The number of aryl methyl sites for hydroxylation is 1. The maximum absolute atomic E-state index is 12.3. The molecule has 3 atom stereocenters. The fraction of sp³-hybridized carbons (Fsp3) is 0.750. The molecule has 0 aromatic carbocycles. The van der Waals surface area contributed by atoms with E-state index in [0.29, 0.717) is 12.3 Å². The lowest BCUT2D eigenvalue weighted by molar-refractivity contribution is -0.123. The summed E-state index contributed by atoms with van der Waals surface area (Å²) in [5.74, 6) is 0.509. The number of carbonyl (C=O) groups excluding carboxylic acids is 1. The topological polar surface area (TPSA) is 72.9 Å². The Balaban J connectivity index is 1.60. The number of fused-ring (bicyclic) bond motifs is 1. The minimum atomic E-state index is 0.134.